The number of unbranched alkanes of at least 4 members (excludes halogenated alkanes) is 3. The summed E-state index contributed by atoms with van der Waals surface area (Å²) in [5.74, 6) is -0.217. The van der Waals surface area contributed by atoms with E-state index in [0.717, 1.165) is 38.7 Å². The molecule has 0 atom stereocenters. The van der Waals surface area contributed by atoms with E-state index in [1.165, 1.54) is 31.2 Å². The molecule has 0 aliphatic carbocycles. The van der Waals surface area contributed by atoms with E-state index in [0.29, 0.717) is 0 Å². The van der Waals surface area contributed by atoms with E-state index in [1.807, 2.05) is 6.07 Å². The normalized spacial score (nSPS) is 14.4. The summed E-state index contributed by atoms with van der Waals surface area (Å²) in [6, 6.07) is 4.07. The monoisotopic (exact) mass is 352 g/mol. The quantitative estimate of drug-likeness (QED) is 0.785. The second-order valence-electron chi connectivity index (χ2n) is 6.57. The number of hydrogen-bond donors (Lipinski definition) is 2. The highest BCUT2D eigenvalue weighted by Crippen LogP contribution is 2.32. The van der Waals surface area contributed by atoms with Gasteiger partial charge in [0.1, 0.15) is 0 Å². The van der Waals surface area contributed by atoms with Crippen LogP contribution in [0.1, 0.15) is 38.2 Å². The summed E-state index contributed by atoms with van der Waals surface area (Å²) in [7, 11) is 0. The third kappa shape index (κ3) is 3.00. The van der Waals surface area contributed by atoms with Crippen molar-refractivity contribution < 1.29 is 9.59 Å². The molecule has 128 valence electrons. The molecule has 4 rings (SSSR count). The lowest BCUT2D eigenvalue weighted by Crippen LogP contribution is -2.16. The van der Waals surface area contributed by atoms with Gasteiger partial charge in [-0.15, -0.1) is 11.3 Å². The largest absolute Gasteiger partial charge is 0.322 e. The standard InChI is InChI=1S/C20H20N2O2S/c1-2-3-4-5-6-12-7-16(25-11-12)19-14-10-18(24)21-15(14)8-13-9-17(23)22-20(13)19/h7-11H,2-6H2,1H3,(H,21,24)(H,22,23). The number of nitrogens with one attached hydrogen (secondary N) is 2. The number of fused-ring (bicyclic) bond motifs is 2. The summed E-state index contributed by atoms with van der Waals surface area (Å²) in [5.41, 5.74) is 3.88. The number of benzene rings is 1. The molecular weight excluding hydrogens is 332 g/mol. The lowest BCUT2D eigenvalue weighted by Gasteiger charge is -2.08. The molecule has 3 heterocycles. The van der Waals surface area contributed by atoms with Crippen molar-refractivity contribution >= 4 is 46.7 Å². The van der Waals surface area contributed by atoms with Crippen molar-refractivity contribution in [3.05, 3.63) is 33.5 Å². The number of amides is 2. The molecule has 0 spiro atoms. The highest BCUT2D eigenvalue weighted by molar-refractivity contribution is 7.13. The molecule has 1 aromatic carbocycles. The average Bonchev–Trinajstić information content (AvgIpc) is 3.26. The van der Waals surface area contributed by atoms with Gasteiger partial charge in [0.15, 0.2) is 0 Å². The van der Waals surface area contributed by atoms with Crippen molar-refractivity contribution in [2.75, 3.05) is 10.6 Å². The van der Waals surface area contributed by atoms with Crippen molar-refractivity contribution in [2.24, 2.45) is 0 Å². The highest BCUT2D eigenvalue weighted by atomic mass is 32.1. The van der Waals surface area contributed by atoms with Gasteiger partial charge < -0.3 is 10.6 Å². The summed E-state index contributed by atoms with van der Waals surface area (Å²) in [5, 5.41) is 9.70. The summed E-state index contributed by atoms with van der Waals surface area (Å²) in [6.07, 6.45) is 9.26. The van der Waals surface area contributed by atoms with Crippen LogP contribution in [0.5, 0.6) is 0 Å². The third-order valence-corrected chi connectivity index (χ3v) is 5.68. The van der Waals surface area contributed by atoms with E-state index >= 15 is 0 Å². The van der Waals surface area contributed by atoms with Crippen LogP contribution in [0.15, 0.2) is 17.5 Å². The first-order chi connectivity index (χ1) is 12.2. The lowest BCUT2D eigenvalue weighted by atomic mass is 10.0. The van der Waals surface area contributed by atoms with Gasteiger partial charge in [0, 0.05) is 38.7 Å². The van der Waals surface area contributed by atoms with Crippen LogP contribution in [-0.4, -0.2) is 11.8 Å². The van der Waals surface area contributed by atoms with Crippen molar-refractivity contribution in [3.63, 3.8) is 0 Å². The van der Waals surface area contributed by atoms with Crippen LogP contribution in [0.25, 0.3) is 22.6 Å². The Balaban J connectivity index is 1.73. The molecule has 0 fully saturated rings. The smallest absolute Gasteiger partial charge is 0.249 e. The summed E-state index contributed by atoms with van der Waals surface area (Å²) >= 11 is 1.68. The van der Waals surface area contributed by atoms with Crippen LogP contribution in [0.2, 0.25) is 0 Å². The second-order valence-corrected chi connectivity index (χ2v) is 7.49. The Labute approximate surface area is 150 Å². The second kappa shape index (κ2) is 6.48. The number of rotatable bonds is 6. The number of hydrogen-bond acceptors (Lipinski definition) is 3. The van der Waals surface area contributed by atoms with E-state index in [9.17, 15) is 9.59 Å². The van der Waals surface area contributed by atoms with Gasteiger partial charge in [0.05, 0.1) is 5.69 Å². The SMILES string of the molecule is CCCCCCc1csc(-c2c3c(cc4c2=CC(=O)N4)=CC(=O)N3)c1. The molecule has 4 nitrogen and oxygen atoms in total. The molecule has 0 saturated carbocycles. The Kier molecular flexibility index (Phi) is 4.17. The summed E-state index contributed by atoms with van der Waals surface area (Å²) < 4.78 is 0. The lowest BCUT2D eigenvalue weighted by molar-refractivity contribution is -0.111. The van der Waals surface area contributed by atoms with E-state index in [4.69, 9.17) is 0 Å². The Bertz CT molecular complexity index is 988. The molecule has 5 heteroatoms. The first-order valence-corrected chi connectivity index (χ1v) is 9.64. The predicted octanol–water partition coefficient (Wildman–Crippen LogP) is 3.00. The fraction of sp³-hybridized carbons (Fsp3) is 0.300. The fourth-order valence-electron chi connectivity index (χ4n) is 3.47. The van der Waals surface area contributed by atoms with Gasteiger partial charge in [-0.25, -0.2) is 0 Å². The molecule has 1 aromatic heterocycles. The first kappa shape index (κ1) is 16.1. The molecule has 0 bridgehead atoms. The summed E-state index contributed by atoms with van der Waals surface area (Å²) in [6.45, 7) is 2.22. The number of carbonyl (C=O) groups is 2. The van der Waals surface area contributed by atoms with Crippen LogP contribution >= 0.6 is 11.3 Å². The van der Waals surface area contributed by atoms with Gasteiger partial charge in [-0.1, -0.05) is 26.2 Å². The van der Waals surface area contributed by atoms with Gasteiger partial charge >= 0.3 is 0 Å². The Morgan fingerprint density at radius 2 is 1.84 bits per heavy atom. The zero-order chi connectivity index (χ0) is 17.4. The molecule has 2 aromatic rings. The first-order valence-electron chi connectivity index (χ1n) is 8.76. The molecule has 0 radical (unpaired) electrons. The highest BCUT2D eigenvalue weighted by Gasteiger charge is 2.23. The van der Waals surface area contributed by atoms with Gasteiger partial charge in [0.25, 0.3) is 0 Å². The average molecular weight is 352 g/mol. The van der Waals surface area contributed by atoms with Gasteiger partial charge in [0.2, 0.25) is 11.8 Å². The Hall–Kier alpha value is -2.40. The van der Waals surface area contributed by atoms with Crippen LogP contribution in [0.4, 0.5) is 11.4 Å². The molecule has 25 heavy (non-hydrogen) atoms. The molecule has 0 saturated heterocycles. The minimum absolute atomic E-state index is 0.109. The molecule has 2 N–H and O–H groups in total. The van der Waals surface area contributed by atoms with E-state index in [1.54, 1.807) is 23.5 Å². The van der Waals surface area contributed by atoms with E-state index < -0.39 is 0 Å². The molecule has 0 unspecified atom stereocenters. The van der Waals surface area contributed by atoms with Gasteiger partial charge in [-0.3, -0.25) is 9.59 Å². The Morgan fingerprint density at radius 3 is 2.68 bits per heavy atom. The topological polar surface area (TPSA) is 58.2 Å². The van der Waals surface area contributed by atoms with E-state index in [-0.39, 0.29) is 11.8 Å². The number of aryl methyl sites for hydroxylation is 1. The maximum absolute atomic E-state index is 11.8. The minimum Gasteiger partial charge on any atom is -0.322 e. The number of thiophene rings is 1. The maximum atomic E-state index is 11.8. The van der Waals surface area contributed by atoms with Crippen LogP contribution in [0, 0.1) is 0 Å². The van der Waals surface area contributed by atoms with Crippen LogP contribution in [0.3, 0.4) is 0 Å². The number of carbonyl (C=O) groups excluding carboxylic acids is 2. The van der Waals surface area contributed by atoms with Crippen LogP contribution < -0.4 is 21.1 Å². The fourth-order valence-corrected chi connectivity index (χ4v) is 4.48. The van der Waals surface area contributed by atoms with E-state index in [2.05, 4.69) is 29.0 Å². The minimum atomic E-state index is -0.109. The van der Waals surface area contributed by atoms with Crippen molar-refractivity contribution in [3.8, 4) is 10.4 Å². The van der Waals surface area contributed by atoms with Gasteiger partial charge in [-0.05, 0) is 35.9 Å². The Morgan fingerprint density at radius 1 is 1.00 bits per heavy atom. The number of anilines is 2. The third-order valence-electron chi connectivity index (χ3n) is 4.69. The molecule has 2 amide bonds. The van der Waals surface area contributed by atoms with Crippen molar-refractivity contribution in [1.82, 2.24) is 0 Å². The van der Waals surface area contributed by atoms with Crippen molar-refractivity contribution in [2.45, 2.75) is 39.0 Å². The van der Waals surface area contributed by atoms with Gasteiger partial charge in [-0.2, -0.15) is 0 Å². The molecule has 2 aliphatic rings. The summed E-state index contributed by atoms with van der Waals surface area (Å²) in [4.78, 5) is 24.7. The zero-order valence-electron chi connectivity index (χ0n) is 14.1. The van der Waals surface area contributed by atoms with Crippen molar-refractivity contribution in [1.29, 1.82) is 0 Å². The molecule has 2 aliphatic heterocycles. The van der Waals surface area contributed by atoms with Crippen LogP contribution in [-0.2, 0) is 16.0 Å². The maximum Gasteiger partial charge on any atom is 0.249 e. The predicted molar refractivity (Wildman–Crippen MR) is 103 cm³/mol. The zero-order valence-corrected chi connectivity index (χ0v) is 15.0. The molecular formula is C20H20N2O2S.